The Morgan fingerprint density at radius 1 is 1.33 bits per heavy atom. The smallest absolute Gasteiger partial charge is 0.275 e. The van der Waals surface area contributed by atoms with Crippen LogP contribution in [0.15, 0.2) is 47.1 Å². The zero-order chi connectivity index (χ0) is 19.0. The van der Waals surface area contributed by atoms with E-state index in [1.54, 1.807) is 42.5 Å². The molecule has 1 N–H and O–H groups in total. The summed E-state index contributed by atoms with van der Waals surface area (Å²) in [6.07, 6.45) is 1.54. The molecule has 9 nitrogen and oxygen atoms in total. The highest BCUT2D eigenvalue weighted by Gasteiger charge is 2.42. The van der Waals surface area contributed by atoms with E-state index in [1.165, 1.54) is 12.1 Å². The van der Waals surface area contributed by atoms with Gasteiger partial charge in [0.15, 0.2) is 11.5 Å². The van der Waals surface area contributed by atoms with Crippen LogP contribution in [0.4, 0.5) is 5.69 Å². The Bertz CT molecular complexity index is 978. The number of nitrogens with one attached hydrogen (secondary N) is 1. The van der Waals surface area contributed by atoms with Gasteiger partial charge < -0.3 is 14.1 Å². The minimum atomic E-state index is -0.455. The molecule has 0 unspecified atom stereocenters. The number of nitro groups is 1. The van der Waals surface area contributed by atoms with E-state index in [-0.39, 0.29) is 11.6 Å². The summed E-state index contributed by atoms with van der Waals surface area (Å²) in [5, 5.41) is 18.0. The third-order valence-electron chi connectivity index (χ3n) is 4.58. The molecule has 3 heterocycles. The summed E-state index contributed by atoms with van der Waals surface area (Å²) in [5.41, 5.74) is 2.37. The number of amides is 1. The molecular weight excluding hydrogens is 352 g/mol. The summed E-state index contributed by atoms with van der Waals surface area (Å²) in [5.74, 6) is 0.344. The second-order valence-electron chi connectivity index (χ2n) is 6.08. The number of aromatic nitrogens is 2. The van der Waals surface area contributed by atoms with Crippen LogP contribution in [0.25, 0.3) is 11.5 Å². The molecule has 0 fully saturated rings. The third kappa shape index (κ3) is 2.77. The number of aromatic amines is 1. The van der Waals surface area contributed by atoms with Crippen molar-refractivity contribution >= 4 is 11.6 Å². The van der Waals surface area contributed by atoms with Gasteiger partial charge in [0.25, 0.3) is 11.6 Å². The van der Waals surface area contributed by atoms with Gasteiger partial charge in [0.1, 0.15) is 5.69 Å². The minimum Gasteiger partial charge on any atom is -0.463 e. The van der Waals surface area contributed by atoms with Gasteiger partial charge in [0.05, 0.1) is 23.8 Å². The summed E-state index contributed by atoms with van der Waals surface area (Å²) in [6, 6.07) is 9.26. The SMILES string of the molecule is COCCN1C(=O)c2n[nH]c(-c3ccco3)c2[C@@H]1c1ccc([N+](=O)[O-])cc1. The maximum atomic E-state index is 12.9. The van der Waals surface area contributed by atoms with E-state index in [0.717, 1.165) is 5.56 Å². The number of furan rings is 1. The average molecular weight is 368 g/mol. The Balaban J connectivity index is 1.82. The molecular formula is C18H16N4O5. The van der Waals surface area contributed by atoms with Crippen molar-refractivity contribution in [1.82, 2.24) is 15.1 Å². The fraction of sp³-hybridized carbons (Fsp3) is 0.222. The first kappa shape index (κ1) is 17.0. The molecule has 0 saturated carbocycles. The van der Waals surface area contributed by atoms with Crippen LogP contribution in [0.1, 0.15) is 27.7 Å². The predicted molar refractivity (Wildman–Crippen MR) is 94.1 cm³/mol. The van der Waals surface area contributed by atoms with E-state index in [4.69, 9.17) is 9.15 Å². The van der Waals surface area contributed by atoms with Crippen LogP contribution in [0.2, 0.25) is 0 Å². The number of benzene rings is 1. The minimum absolute atomic E-state index is 0.00908. The molecule has 0 saturated heterocycles. The first-order valence-electron chi connectivity index (χ1n) is 8.28. The summed E-state index contributed by atoms with van der Waals surface area (Å²) in [4.78, 5) is 25.0. The summed E-state index contributed by atoms with van der Waals surface area (Å²) in [7, 11) is 1.56. The fourth-order valence-corrected chi connectivity index (χ4v) is 3.34. The molecule has 3 aromatic rings. The third-order valence-corrected chi connectivity index (χ3v) is 4.58. The van der Waals surface area contributed by atoms with E-state index < -0.39 is 11.0 Å². The molecule has 1 amide bonds. The number of rotatable bonds is 6. The Labute approximate surface area is 153 Å². The summed E-state index contributed by atoms with van der Waals surface area (Å²) < 4.78 is 10.6. The average Bonchev–Trinajstić information content (AvgIpc) is 3.38. The van der Waals surface area contributed by atoms with Gasteiger partial charge >= 0.3 is 0 Å². The zero-order valence-corrected chi connectivity index (χ0v) is 14.4. The number of carbonyl (C=O) groups excluding carboxylic acids is 1. The Hall–Kier alpha value is -3.46. The molecule has 27 heavy (non-hydrogen) atoms. The van der Waals surface area contributed by atoms with Crippen LogP contribution in [-0.4, -0.2) is 46.2 Å². The normalized spacial score (nSPS) is 16.0. The number of nitro benzene ring substituents is 1. The largest absolute Gasteiger partial charge is 0.463 e. The molecule has 4 rings (SSSR count). The van der Waals surface area contributed by atoms with Gasteiger partial charge in [-0.25, -0.2) is 0 Å². The van der Waals surface area contributed by atoms with E-state index in [1.807, 2.05) is 0 Å². The van der Waals surface area contributed by atoms with Crippen molar-refractivity contribution in [2.75, 3.05) is 20.3 Å². The van der Waals surface area contributed by atoms with Crippen LogP contribution >= 0.6 is 0 Å². The summed E-state index contributed by atoms with van der Waals surface area (Å²) in [6.45, 7) is 0.726. The van der Waals surface area contributed by atoms with E-state index in [9.17, 15) is 14.9 Å². The Morgan fingerprint density at radius 2 is 2.11 bits per heavy atom. The van der Waals surface area contributed by atoms with Crippen LogP contribution in [0, 0.1) is 10.1 Å². The van der Waals surface area contributed by atoms with E-state index in [2.05, 4.69) is 10.2 Å². The number of methoxy groups -OCH3 is 1. The monoisotopic (exact) mass is 368 g/mol. The van der Waals surface area contributed by atoms with Gasteiger partial charge in [-0.05, 0) is 29.8 Å². The van der Waals surface area contributed by atoms with Gasteiger partial charge in [-0.1, -0.05) is 0 Å². The number of H-pyrrole nitrogens is 1. The quantitative estimate of drug-likeness (QED) is 0.528. The molecule has 1 aliphatic rings. The number of carbonyl (C=O) groups is 1. The van der Waals surface area contributed by atoms with Crippen molar-refractivity contribution < 1.29 is 18.9 Å². The maximum Gasteiger partial charge on any atom is 0.275 e. The van der Waals surface area contributed by atoms with Crippen LogP contribution in [0.3, 0.4) is 0 Å². The van der Waals surface area contributed by atoms with Crippen molar-refractivity contribution in [2.45, 2.75) is 6.04 Å². The maximum absolute atomic E-state index is 12.9. The van der Waals surface area contributed by atoms with Crippen molar-refractivity contribution in [1.29, 1.82) is 0 Å². The van der Waals surface area contributed by atoms with Gasteiger partial charge in [-0.2, -0.15) is 5.10 Å². The molecule has 9 heteroatoms. The van der Waals surface area contributed by atoms with E-state index in [0.29, 0.717) is 35.9 Å². The van der Waals surface area contributed by atoms with Gasteiger partial charge in [-0.3, -0.25) is 20.0 Å². The molecule has 1 atom stereocenters. The van der Waals surface area contributed by atoms with Crippen molar-refractivity contribution in [2.24, 2.45) is 0 Å². The number of nitrogens with zero attached hydrogens (tertiary/aromatic N) is 3. The first-order chi connectivity index (χ1) is 13.1. The van der Waals surface area contributed by atoms with E-state index >= 15 is 0 Å². The van der Waals surface area contributed by atoms with Crippen LogP contribution < -0.4 is 0 Å². The van der Waals surface area contributed by atoms with Crippen LogP contribution in [0.5, 0.6) is 0 Å². The highest BCUT2D eigenvalue weighted by molar-refractivity contribution is 5.99. The van der Waals surface area contributed by atoms with Crippen molar-refractivity contribution in [3.63, 3.8) is 0 Å². The molecule has 1 aliphatic heterocycles. The standard InChI is InChI=1S/C18H16N4O5/c1-26-10-8-21-17(11-4-6-12(7-5-11)22(24)25)14-15(13-3-2-9-27-13)19-20-16(14)18(21)23/h2-7,9,17H,8,10H2,1H3,(H,19,20)/t17-/m0/s1. The first-order valence-corrected chi connectivity index (χ1v) is 8.28. The van der Waals surface area contributed by atoms with Crippen molar-refractivity contribution in [3.05, 3.63) is 69.6 Å². The lowest BCUT2D eigenvalue weighted by atomic mass is 9.98. The number of ether oxygens (including phenoxy) is 1. The second kappa shape index (κ2) is 6.69. The van der Waals surface area contributed by atoms with Gasteiger partial charge in [0, 0.05) is 31.4 Å². The Kier molecular flexibility index (Phi) is 4.21. The Morgan fingerprint density at radius 3 is 2.74 bits per heavy atom. The lowest BCUT2D eigenvalue weighted by Crippen LogP contribution is -2.32. The number of hydrogen-bond donors (Lipinski definition) is 1. The number of fused-ring (bicyclic) bond motifs is 1. The highest BCUT2D eigenvalue weighted by Crippen LogP contribution is 2.42. The topological polar surface area (TPSA) is 114 Å². The zero-order valence-electron chi connectivity index (χ0n) is 14.4. The highest BCUT2D eigenvalue weighted by atomic mass is 16.6. The second-order valence-corrected chi connectivity index (χ2v) is 6.08. The number of non-ortho nitro benzene ring substituents is 1. The molecule has 1 aromatic carbocycles. The predicted octanol–water partition coefficient (Wildman–Crippen LogP) is 2.77. The number of hydrogen-bond acceptors (Lipinski definition) is 6. The summed E-state index contributed by atoms with van der Waals surface area (Å²) >= 11 is 0. The molecule has 0 bridgehead atoms. The molecule has 0 radical (unpaired) electrons. The molecule has 2 aromatic heterocycles. The molecule has 0 spiro atoms. The fourth-order valence-electron chi connectivity index (χ4n) is 3.34. The lowest BCUT2D eigenvalue weighted by molar-refractivity contribution is -0.384. The van der Waals surface area contributed by atoms with Crippen molar-refractivity contribution in [3.8, 4) is 11.5 Å². The molecule has 138 valence electrons. The van der Waals surface area contributed by atoms with Crippen LogP contribution in [-0.2, 0) is 4.74 Å². The van der Waals surface area contributed by atoms with Gasteiger partial charge in [0.2, 0.25) is 0 Å². The van der Waals surface area contributed by atoms with Gasteiger partial charge in [-0.15, -0.1) is 0 Å². The molecule has 0 aliphatic carbocycles. The lowest BCUT2D eigenvalue weighted by Gasteiger charge is -2.25.